The predicted molar refractivity (Wildman–Crippen MR) is 72.2 cm³/mol. The maximum absolute atomic E-state index is 9.69. The molecule has 0 bridgehead atoms. The lowest BCUT2D eigenvalue weighted by molar-refractivity contribution is 0.116. The molecule has 18 heavy (non-hydrogen) atoms. The van der Waals surface area contributed by atoms with Gasteiger partial charge in [-0.1, -0.05) is 29.3 Å². The Balaban J connectivity index is 1.68. The van der Waals surface area contributed by atoms with Crippen molar-refractivity contribution in [2.45, 2.75) is 36.9 Å². The van der Waals surface area contributed by atoms with Crippen LogP contribution in [0.1, 0.15) is 24.3 Å². The van der Waals surface area contributed by atoms with Gasteiger partial charge in [0.05, 0.1) is 10.0 Å². The van der Waals surface area contributed by atoms with Gasteiger partial charge >= 0.3 is 0 Å². The highest BCUT2D eigenvalue weighted by molar-refractivity contribution is 6.42. The number of halogens is 2. The summed E-state index contributed by atoms with van der Waals surface area (Å²) >= 11 is 12.1. The molecule has 3 saturated heterocycles. The van der Waals surface area contributed by atoms with Gasteiger partial charge in [-0.3, -0.25) is 4.90 Å². The Bertz CT molecular complexity index is 507. The van der Waals surface area contributed by atoms with Crippen LogP contribution in [0.2, 0.25) is 10.0 Å². The van der Waals surface area contributed by atoms with E-state index in [9.17, 15) is 5.11 Å². The highest BCUT2D eigenvalue weighted by Crippen LogP contribution is 2.59. The molecule has 0 radical (unpaired) electrons. The van der Waals surface area contributed by atoms with Crippen molar-refractivity contribution in [1.29, 1.82) is 0 Å². The quantitative estimate of drug-likeness (QED) is 0.844. The Labute approximate surface area is 116 Å². The predicted octanol–water partition coefficient (Wildman–Crippen LogP) is 2.91. The van der Waals surface area contributed by atoms with Crippen molar-refractivity contribution in [3.05, 3.63) is 33.8 Å². The second kappa shape index (κ2) is 3.86. The Morgan fingerprint density at radius 3 is 2.78 bits per heavy atom. The molecule has 0 spiro atoms. The molecule has 0 saturated carbocycles. The molecular formula is C14H15Cl2NO. The third-order valence-corrected chi connectivity index (χ3v) is 5.77. The molecule has 3 aliphatic rings. The van der Waals surface area contributed by atoms with E-state index in [-0.39, 0.29) is 6.61 Å². The van der Waals surface area contributed by atoms with E-state index in [1.165, 1.54) is 12.0 Å². The van der Waals surface area contributed by atoms with Crippen LogP contribution in [0.3, 0.4) is 0 Å². The molecule has 3 fully saturated rings. The molecule has 6 atom stereocenters. The van der Waals surface area contributed by atoms with Crippen LogP contribution in [0.5, 0.6) is 0 Å². The fourth-order valence-corrected chi connectivity index (χ4v) is 4.46. The number of benzene rings is 1. The zero-order valence-corrected chi connectivity index (χ0v) is 11.4. The lowest BCUT2D eigenvalue weighted by Gasteiger charge is -2.37. The van der Waals surface area contributed by atoms with Crippen LogP contribution in [-0.4, -0.2) is 34.7 Å². The molecule has 1 aromatic carbocycles. The average Bonchev–Trinajstić information content (AvgIpc) is 2.99. The lowest BCUT2D eigenvalue weighted by atomic mass is 9.79. The van der Waals surface area contributed by atoms with E-state index in [4.69, 9.17) is 23.2 Å². The van der Waals surface area contributed by atoms with E-state index in [2.05, 4.69) is 11.0 Å². The normalized spacial score (nSPS) is 44.2. The first-order chi connectivity index (χ1) is 8.70. The van der Waals surface area contributed by atoms with E-state index < -0.39 is 0 Å². The SMILES string of the molecule is OC[C@@H]1C(c2ccc(Cl)c(Cl)c2)CC2CC3C1N23. The van der Waals surface area contributed by atoms with E-state index in [0.29, 0.717) is 27.9 Å². The third kappa shape index (κ3) is 1.44. The third-order valence-electron chi connectivity index (χ3n) is 5.03. The molecule has 0 aromatic heterocycles. The first-order valence-corrected chi connectivity index (χ1v) is 7.29. The van der Waals surface area contributed by atoms with Gasteiger partial charge in [-0.05, 0) is 36.5 Å². The number of hydrogen-bond acceptors (Lipinski definition) is 2. The minimum absolute atomic E-state index is 0.273. The molecule has 2 nitrogen and oxygen atoms in total. The summed E-state index contributed by atoms with van der Waals surface area (Å²) in [7, 11) is 0. The minimum atomic E-state index is 0.273. The average molecular weight is 284 g/mol. The number of aliphatic hydroxyl groups excluding tert-OH is 1. The van der Waals surface area contributed by atoms with E-state index in [0.717, 1.165) is 18.5 Å². The summed E-state index contributed by atoms with van der Waals surface area (Å²) in [5.74, 6) is 0.800. The van der Waals surface area contributed by atoms with Crippen LogP contribution in [-0.2, 0) is 0 Å². The molecule has 3 heterocycles. The fourth-order valence-electron chi connectivity index (χ4n) is 4.15. The Kier molecular flexibility index (Phi) is 2.47. The number of aliphatic hydroxyl groups is 1. The Morgan fingerprint density at radius 1 is 1.22 bits per heavy atom. The van der Waals surface area contributed by atoms with Crippen LogP contribution in [0.4, 0.5) is 0 Å². The van der Waals surface area contributed by atoms with Gasteiger partial charge in [0, 0.05) is 30.7 Å². The summed E-state index contributed by atoms with van der Waals surface area (Å²) < 4.78 is 0. The van der Waals surface area contributed by atoms with Gasteiger partial charge in [0.1, 0.15) is 0 Å². The number of nitrogens with zero attached hydrogens (tertiary/aromatic N) is 1. The lowest BCUT2D eigenvalue weighted by Crippen LogP contribution is -2.39. The van der Waals surface area contributed by atoms with Crippen LogP contribution in [0, 0.1) is 5.92 Å². The van der Waals surface area contributed by atoms with Crippen molar-refractivity contribution in [2.75, 3.05) is 6.61 Å². The maximum Gasteiger partial charge on any atom is 0.0595 e. The van der Waals surface area contributed by atoms with Gasteiger partial charge < -0.3 is 5.11 Å². The van der Waals surface area contributed by atoms with Crippen molar-refractivity contribution >= 4 is 23.2 Å². The van der Waals surface area contributed by atoms with Crippen molar-refractivity contribution in [3.8, 4) is 0 Å². The monoisotopic (exact) mass is 283 g/mol. The summed E-state index contributed by atoms with van der Waals surface area (Å²) in [4.78, 5) is 2.56. The number of fused-ring (bicyclic) bond motifs is 1. The Morgan fingerprint density at radius 2 is 2.06 bits per heavy atom. The second-order valence-electron chi connectivity index (χ2n) is 5.76. The number of hydrogen-bond donors (Lipinski definition) is 1. The zero-order chi connectivity index (χ0) is 12.4. The summed E-state index contributed by atoms with van der Waals surface area (Å²) in [5.41, 5.74) is 1.24. The van der Waals surface area contributed by atoms with E-state index in [1.54, 1.807) is 0 Å². The standard InChI is InChI=1S/C14H15Cl2NO/c15-11-2-1-7(3-12(11)16)9-4-8-5-13-14(17(8)13)10(9)6-18/h1-3,8-10,13-14,18H,4-6H2/t8?,9?,10-,13?,14?,17?/m1/s1. The molecule has 3 aliphatic heterocycles. The van der Waals surface area contributed by atoms with Gasteiger partial charge in [0.15, 0.2) is 0 Å². The molecule has 1 aromatic rings. The van der Waals surface area contributed by atoms with Gasteiger partial charge in [-0.25, -0.2) is 0 Å². The summed E-state index contributed by atoms with van der Waals surface area (Å²) in [5, 5.41) is 10.9. The summed E-state index contributed by atoms with van der Waals surface area (Å²) in [6.07, 6.45) is 2.47. The van der Waals surface area contributed by atoms with Gasteiger partial charge in [0.2, 0.25) is 0 Å². The zero-order valence-electron chi connectivity index (χ0n) is 9.89. The van der Waals surface area contributed by atoms with E-state index in [1.807, 2.05) is 12.1 Å². The summed E-state index contributed by atoms with van der Waals surface area (Å²) in [6.45, 7) is 0.273. The molecule has 1 N–H and O–H groups in total. The summed E-state index contributed by atoms with van der Waals surface area (Å²) in [6, 6.07) is 8.04. The number of piperidine rings is 1. The first kappa shape index (κ1) is 11.5. The van der Waals surface area contributed by atoms with Crippen molar-refractivity contribution in [2.24, 2.45) is 5.92 Å². The molecule has 0 amide bonds. The van der Waals surface area contributed by atoms with Crippen LogP contribution in [0.15, 0.2) is 18.2 Å². The minimum Gasteiger partial charge on any atom is -0.396 e. The highest BCUT2D eigenvalue weighted by atomic mass is 35.5. The van der Waals surface area contributed by atoms with Crippen LogP contribution in [0.25, 0.3) is 0 Å². The van der Waals surface area contributed by atoms with Gasteiger partial charge in [-0.2, -0.15) is 0 Å². The molecular weight excluding hydrogens is 269 g/mol. The van der Waals surface area contributed by atoms with Crippen molar-refractivity contribution in [1.82, 2.24) is 4.90 Å². The van der Waals surface area contributed by atoms with Crippen LogP contribution < -0.4 is 0 Å². The van der Waals surface area contributed by atoms with Crippen molar-refractivity contribution < 1.29 is 5.11 Å². The maximum atomic E-state index is 9.69. The van der Waals surface area contributed by atoms with Crippen LogP contribution >= 0.6 is 23.2 Å². The molecule has 96 valence electrons. The van der Waals surface area contributed by atoms with Gasteiger partial charge in [0.25, 0.3) is 0 Å². The molecule has 4 rings (SSSR count). The molecule has 4 heteroatoms. The smallest absolute Gasteiger partial charge is 0.0595 e. The largest absolute Gasteiger partial charge is 0.396 e. The fraction of sp³-hybridized carbons (Fsp3) is 0.571. The topological polar surface area (TPSA) is 23.2 Å². The second-order valence-corrected chi connectivity index (χ2v) is 6.57. The first-order valence-electron chi connectivity index (χ1n) is 6.54. The molecule has 5 unspecified atom stereocenters. The Hall–Kier alpha value is -0.280. The van der Waals surface area contributed by atoms with Gasteiger partial charge in [-0.15, -0.1) is 0 Å². The number of rotatable bonds is 2. The molecule has 0 aliphatic carbocycles. The highest BCUT2D eigenvalue weighted by Gasteiger charge is 2.67. The van der Waals surface area contributed by atoms with E-state index >= 15 is 0 Å². The van der Waals surface area contributed by atoms with Crippen molar-refractivity contribution in [3.63, 3.8) is 0 Å².